The third kappa shape index (κ3) is 4.00. The Bertz CT molecular complexity index is 873. The number of nitrogens with zero attached hydrogens (tertiary/aromatic N) is 2. The fourth-order valence-corrected chi connectivity index (χ4v) is 3.64. The van der Waals surface area contributed by atoms with Gasteiger partial charge in [-0.3, -0.25) is 9.69 Å². The zero-order valence-corrected chi connectivity index (χ0v) is 16.1. The summed E-state index contributed by atoms with van der Waals surface area (Å²) in [6.45, 7) is 7.47. The molecule has 1 aromatic carbocycles. The Morgan fingerprint density at radius 2 is 1.96 bits per heavy atom. The average Bonchev–Trinajstić information content (AvgIpc) is 3.50. The van der Waals surface area contributed by atoms with Crippen LogP contribution in [-0.2, 0) is 19.5 Å². The Hall–Kier alpha value is -2.34. The number of nitrogens with one attached hydrogen (secondary N) is 1. The first kappa shape index (κ1) is 18.0. The van der Waals surface area contributed by atoms with Crippen molar-refractivity contribution >= 4 is 0 Å². The molecule has 144 valence electrons. The van der Waals surface area contributed by atoms with Crippen LogP contribution in [0.5, 0.6) is 11.5 Å². The van der Waals surface area contributed by atoms with Crippen molar-refractivity contribution in [1.29, 1.82) is 0 Å². The minimum absolute atomic E-state index is 0.0355. The molecule has 0 amide bonds. The van der Waals surface area contributed by atoms with Gasteiger partial charge < -0.3 is 14.5 Å². The molecule has 0 saturated heterocycles. The topological polar surface area (TPSA) is 67.5 Å². The van der Waals surface area contributed by atoms with Crippen molar-refractivity contribution in [3.63, 3.8) is 0 Å². The SMILES string of the molecule is CCOc1ccc(CN2CCc3nc(C4CC4)[nH]c(=O)c3C2)cc1OCC. The summed E-state index contributed by atoms with van der Waals surface area (Å²) in [6.07, 6.45) is 3.12. The number of hydrogen-bond acceptors (Lipinski definition) is 5. The summed E-state index contributed by atoms with van der Waals surface area (Å²) >= 11 is 0. The Balaban J connectivity index is 1.50. The molecule has 1 N–H and O–H groups in total. The zero-order valence-electron chi connectivity index (χ0n) is 16.1. The van der Waals surface area contributed by atoms with Crippen LogP contribution in [0, 0.1) is 0 Å². The second-order valence-electron chi connectivity index (χ2n) is 7.26. The third-order valence-electron chi connectivity index (χ3n) is 5.14. The van der Waals surface area contributed by atoms with E-state index < -0.39 is 0 Å². The van der Waals surface area contributed by atoms with Crippen molar-refractivity contribution in [2.75, 3.05) is 19.8 Å². The van der Waals surface area contributed by atoms with Gasteiger partial charge in [0.1, 0.15) is 5.82 Å². The van der Waals surface area contributed by atoms with E-state index in [0.29, 0.717) is 25.7 Å². The van der Waals surface area contributed by atoms with Crippen molar-refractivity contribution in [3.05, 3.63) is 51.2 Å². The van der Waals surface area contributed by atoms with Crippen LogP contribution in [0.2, 0.25) is 0 Å². The van der Waals surface area contributed by atoms with Gasteiger partial charge in [-0.05, 0) is 44.4 Å². The number of fused-ring (bicyclic) bond motifs is 1. The minimum atomic E-state index is 0.0355. The molecule has 0 bridgehead atoms. The normalized spacial score (nSPS) is 16.8. The number of H-pyrrole nitrogens is 1. The first-order chi connectivity index (χ1) is 13.2. The highest BCUT2D eigenvalue weighted by Gasteiger charge is 2.29. The molecule has 2 aliphatic rings. The van der Waals surface area contributed by atoms with Gasteiger partial charge in [-0.1, -0.05) is 6.07 Å². The van der Waals surface area contributed by atoms with Crippen LogP contribution in [0.1, 0.15) is 55.3 Å². The predicted octanol–water partition coefficient (Wildman–Crippen LogP) is 3.00. The predicted molar refractivity (Wildman–Crippen MR) is 103 cm³/mol. The lowest BCUT2D eigenvalue weighted by molar-refractivity contribution is 0.240. The summed E-state index contributed by atoms with van der Waals surface area (Å²) < 4.78 is 11.4. The second kappa shape index (κ2) is 7.72. The van der Waals surface area contributed by atoms with Crippen molar-refractivity contribution in [1.82, 2.24) is 14.9 Å². The van der Waals surface area contributed by atoms with Gasteiger partial charge in [0.2, 0.25) is 0 Å². The van der Waals surface area contributed by atoms with Crippen molar-refractivity contribution in [3.8, 4) is 11.5 Å². The highest BCUT2D eigenvalue weighted by molar-refractivity contribution is 5.43. The maximum Gasteiger partial charge on any atom is 0.255 e. The zero-order chi connectivity index (χ0) is 18.8. The standard InChI is InChI=1S/C21H27N3O3/c1-3-26-18-8-5-14(11-19(18)27-4-2)12-24-10-9-17-16(13-24)21(25)23-20(22-17)15-6-7-15/h5,8,11,15H,3-4,6-7,9-10,12-13H2,1-2H3,(H,22,23,25). The van der Waals surface area contributed by atoms with Crippen LogP contribution in [-0.4, -0.2) is 34.6 Å². The molecule has 1 aromatic heterocycles. The Kier molecular flexibility index (Phi) is 5.16. The first-order valence-corrected chi connectivity index (χ1v) is 9.90. The molecule has 1 aliphatic heterocycles. The molecule has 0 spiro atoms. The van der Waals surface area contributed by atoms with Crippen LogP contribution in [0.15, 0.2) is 23.0 Å². The van der Waals surface area contributed by atoms with E-state index in [-0.39, 0.29) is 5.56 Å². The highest BCUT2D eigenvalue weighted by atomic mass is 16.5. The summed E-state index contributed by atoms with van der Waals surface area (Å²) in [4.78, 5) is 22.5. The van der Waals surface area contributed by atoms with E-state index in [2.05, 4.69) is 16.0 Å². The van der Waals surface area contributed by atoms with Crippen molar-refractivity contribution in [2.24, 2.45) is 0 Å². The molecule has 1 fully saturated rings. The van der Waals surface area contributed by atoms with Crippen molar-refractivity contribution < 1.29 is 9.47 Å². The van der Waals surface area contributed by atoms with Crippen LogP contribution in [0.25, 0.3) is 0 Å². The summed E-state index contributed by atoms with van der Waals surface area (Å²) in [5.41, 5.74) is 3.00. The minimum Gasteiger partial charge on any atom is -0.490 e. The molecule has 6 nitrogen and oxygen atoms in total. The molecular formula is C21H27N3O3. The number of ether oxygens (including phenoxy) is 2. The van der Waals surface area contributed by atoms with E-state index in [4.69, 9.17) is 14.5 Å². The van der Waals surface area contributed by atoms with E-state index >= 15 is 0 Å². The molecular weight excluding hydrogens is 342 g/mol. The maximum atomic E-state index is 12.5. The number of hydrogen-bond donors (Lipinski definition) is 1. The lowest BCUT2D eigenvalue weighted by atomic mass is 10.1. The Morgan fingerprint density at radius 1 is 1.19 bits per heavy atom. The second-order valence-corrected chi connectivity index (χ2v) is 7.26. The van der Waals surface area contributed by atoms with Gasteiger partial charge in [0, 0.05) is 32.0 Å². The van der Waals surface area contributed by atoms with Crippen LogP contribution in [0.4, 0.5) is 0 Å². The van der Waals surface area contributed by atoms with E-state index in [0.717, 1.165) is 66.5 Å². The van der Waals surface area contributed by atoms with Crippen LogP contribution in [0.3, 0.4) is 0 Å². The van der Waals surface area contributed by atoms with Gasteiger partial charge >= 0.3 is 0 Å². The van der Waals surface area contributed by atoms with Crippen molar-refractivity contribution in [2.45, 2.75) is 52.1 Å². The van der Waals surface area contributed by atoms with E-state index in [1.807, 2.05) is 26.0 Å². The molecule has 2 aromatic rings. The monoisotopic (exact) mass is 369 g/mol. The number of rotatable bonds is 7. The highest BCUT2D eigenvalue weighted by Crippen LogP contribution is 2.38. The largest absolute Gasteiger partial charge is 0.490 e. The molecule has 1 saturated carbocycles. The maximum absolute atomic E-state index is 12.5. The molecule has 6 heteroatoms. The molecule has 0 radical (unpaired) electrons. The van der Waals surface area contributed by atoms with Crippen LogP contribution >= 0.6 is 0 Å². The van der Waals surface area contributed by atoms with Gasteiger partial charge in [0.15, 0.2) is 11.5 Å². The van der Waals surface area contributed by atoms with E-state index in [1.54, 1.807) is 0 Å². The first-order valence-electron chi connectivity index (χ1n) is 9.90. The van der Waals surface area contributed by atoms with Gasteiger partial charge in [-0.2, -0.15) is 0 Å². The van der Waals surface area contributed by atoms with E-state index in [1.165, 1.54) is 0 Å². The number of aromatic amines is 1. The summed E-state index contributed by atoms with van der Waals surface area (Å²) in [5.74, 6) is 2.92. The van der Waals surface area contributed by atoms with Gasteiger partial charge in [0.05, 0.1) is 24.5 Å². The molecule has 0 unspecified atom stereocenters. The Morgan fingerprint density at radius 3 is 2.70 bits per heavy atom. The van der Waals surface area contributed by atoms with Gasteiger partial charge in [0.25, 0.3) is 5.56 Å². The number of benzene rings is 1. The molecule has 0 atom stereocenters. The fraction of sp³-hybridized carbons (Fsp3) is 0.524. The molecule has 27 heavy (non-hydrogen) atoms. The summed E-state index contributed by atoms with van der Waals surface area (Å²) in [7, 11) is 0. The number of aromatic nitrogens is 2. The van der Waals surface area contributed by atoms with Gasteiger partial charge in [-0.15, -0.1) is 0 Å². The Labute approximate surface area is 159 Å². The molecule has 1 aliphatic carbocycles. The third-order valence-corrected chi connectivity index (χ3v) is 5.14. The van der Waals surface area contributed by atoms with E-state index in [9.17, 15) is 4.79 Å². The quantitative estimate of drug-likeness (QED) is 0.813. The smallest absolute Gasteiger partial charge is 0.255 e. The van der Waals surface area contributed by atoms with Gasteiger partial charge in [-0.25, -0.2) is 4.98 Å². The fourth-order valence-electron chi connectivity index (χ4n) is 3.64. The summed E-state index contributed by atoms with van der Waals surface area (Å²) in [5, 5.41) is 0. The lowest BCUT2D eigenvalue weighted by Gasteiger charge is -2.28. The molecule has 2 heterocycles. The lowest BCUT2D eigenvalue weighted by Crippen LogP contribution is -2.35. The average molecular weight is 369 g/mol. The molecule has 4 rings (SSSR count). The van der Waals surface area contributed by atoms with Crippen LogP contribution < -0.4 is 15.0 Å². The summed E-state index contributed by atoms with van der Waals surface area (Å²) in [6, 6.07) is 6.09.